The number of benzene rings is 2. The van der Waals surface area contributed by atoms with Gasteiger partial charge in [0.25, 0.3) is 0 Å². The molecule has 0 saturated carbocycles. The van der Waals surface area contributed by atoms with Gasteiger partial charge in [-0.3, -0.25) is 0 Å². The van der Waals surface area contributed by atoms with E-state index in [9.17, 15) is 4.79 Å². The average Bonchev–Trinajstić information content (AvgIpc) is 2.55. The predicted octanol–water partition coefficient (Wildman–Crippen LogP) is 4.15. The maximum Gasteiger partial charge on any atom is 0.330 e. The molecule has 0 atom stereocenters. The van der Waals surface area contributed by atoms with Gasteiger partial charge in [-0.1, -0.05) is 30.3 Å². The van der Waals surface area contributed by atoms with Crippen LogP contribution in [0.4, 0.5) is 0 Å². The lowest BCUT2D eigenvalue weighted by atomic mass is 10.0. The first-order valence-corrected chi connectivity index (χ1v) is 8.02. The molecular formula is C20H20O4. The highest BCUT2D eigenvalue weighted by Crippen LogP contribution is 2.21. The zero-order valence-corrected chi connectivity index (χ0v) is 13.8. The third kappa shape index (κ3) is 4.10. The number of carbonyl (C=O) groups is 1. The molecule has 1 aliphatic heterocycles. The second-order valence-electron chi connectivity index (χ2n) is 5.52. The SMILES string of the molecule is CCOC(=O)/C=C/c1ccc2ccc(/C=C/C3OC(C)O3)cc2c1. The number of esters is 1. The summed E-state index contributed by atoms with van der Waals surface area (Å²) in [6.45, 7) is 4.03. The Morgan fingerprint density at radius 2 is 1.75 bits per heavy atom. The van der Waals surface area contributed by atoms with Crippen molar-refractivity contribution in [3.05, 3.63) is 59.7 Å². The largest absolute Gasteiger partial charge is 0.463 e. The van der Waals surface area contributed by atoms with Gasteiger partial charge in [-0.2, -0.15) is 0 Å². The molecule has 0 N–H and O–H groups in total. The van der Waals surface area contributed by atoms with Crippen LogP contribution in [0.1, 0.15) is 25.0 Å². The molecule has 0 aliphatic carbocycles. The molecule has 4 nitrogen and oxygen atoms in total. The van der Waals surface area contributed by atoms with Crippen molar-refractivity contribution in [3.8, 4) is 0 Å². The first-order valence-electron chi connectivity index (χ1n) is 8.02. The Labute approximate surface area is 141 Å². The summed E-state index contributed by atoms with van der Waals surface area (Å²) in [6, 6.07) is 12.3. The summed E-state index contributed by atoms with van der Waals surface area (Å²) < 4.78 is 15.6. The van der Waals surface area contributed by atoms with E-state index in [4.69, 9.17) is 14.2 Å². The summed E-state index contributed by atoms with van der Waals surface area (Å²) in [5.74, 6) is -0.330. The highest BCUT2D eigenvalue weighted by Gasteiger charge is 2.23. The van der Waals surface area contributed by atoms with Gasteiger partial charge in [-0.15, -0.1) is 0 Å². The standard InChI is InChI=1S/C20H20O4/c1-3-22-19(21)10-6-15-4-8-17-9-5-16(13-18(17)12-15)7-11-20-23-14(2)24-20/h4-14,20H,3H2,1-2H3/b10-6+,11-7+. The van der Waals surface area contributed by atoms with Crippen molar-refractivity contribution in [2.45, 2.75) is 26.4 Å². The molecule has 1 saturated heterocycles. The number of carbonyl (C=O) groups excluding carboxylic acids is 1. The summed E-state index contributed by atoms with van der Waals surface area (Å²) in [7, 11) is 0. The second kappa shape index (κ2) is 7.43. The molecule has 2 aromatic carbocycles. The number of fused-ring (bicyclic) bond motifs is 1. The van der Waals surface area contributed by atoms with Gasteiger partial charge in [-0.25, -0.2) is 4.79 Å². The van der Waals surface area contributed by atoms with Crippen molar-refractivity contribution in [1.29, 1.82) is 0 Å². The highest BCUT2D eigenvalue weighted by molar-refractivity contribution is 5.90. The van der Waals surface area contributed by atoms with Gasteiger partial charge in [0.1, 0.15) is 0 Å². The first-order chi connectivity index (χ1) is 11.6. The Bertz CT molecular complexity index is 785. The third-order valence-corrected chi connectivity index (χ3v) is 3.68. The Morgan fingerprint density at radius 1 is 1.08 bits per heavy atom. The van der Waals surface area contributed by atoms with Gasteiger partial charge in [-0.05, 0) is 60.0 Å². The van der Waals surface area contributed by atoms with E-state index in [1.54, 1.807) is 13.0 Å². The van der Waals surface area contributed by atoms with Crippen molar-refractivity contribution in [2.75, 3.05) is 6.61 Å². The fraction of sp³-hybridized carbons (Fsp3) is 0.250. The molecule has 0 amide bonds. The molecule has 1 heterocycles. The Hall–Kier alpha value is -2.43. The van der Waals surface area contributed by atoms with Crippen LogP contribution in [0.15, 0.2) is 48.6 Å². The minimum atomic E-state index is -0.330. The van der Waals surface area contributed by atoms with E-state index in [1.165, 1.54) is 6.08 Å². The van der Waals surface area contributed by atoms with Crippen molar-refractivity contribution in [1.82, 2.24) is 0 Å². The fourth-order valence-corrected chi connectivity index (χ4v) is 2.51. The van der Waals surface area contributed by atoms with Gasteiger partial charge >= 0.3 is 5.97 Å². The molecule has 1 aliphatic rings. The molecule has 24 heavy (non-hydrogen) atoms. The van der Waals surface area contributed by atoms with Crippen molar-refractivity contribution in [3.63, 3.8) is 0 Å². The van der Waals surface area contributed by atoms with E-state index in [0.29, 0.717) is 6.61 Å². The predicted molar refractivity (Wildman–Crippen MR) is 94.1 cm³/mol. The lowest BCUT2D eigenvalue weighted by Crippen LogP contribution is -2.36. The van der Waals surface area contributed by atoms with E-state index >= 15 is 0 Å². The van der Waals surface area contributed by atoms with Crippen LogP contribution in [0.3, 0.4) is 0 Å². The van der Waals surface area contributed by atoms with Crippen molar-refractivity contribution in [2.24, 2.45) is 0 Å². The molecule has 0 spiro atoms. The molecule has 3 rings (SSSR count). The molecule has 0 unspecified atom stereocenters. The van der Waals surface area contributed by atoms with Crippen LogP contribution in [0.2, 0.25) is 0 Å². The highest BCUT2D eigenvalue weighted by atomic mass is 16.9. The smallest absolute Gasteiger partial charge is 0.330 e. The van der Waals surface area contributed by atoms with Gasteiger partial charge in [0.05, 0.1) is 6.61 Å². The summed E-state index contributed by atoms with van der Waals surface area (Å²) >= 11 is 0. The first kappa shape index (κ1) is 16.4. The van der Waals surface area contributed by atoms with Crippen LogP contribution in [0, 0.1) is 0 Å². The van der Waals surface area contributed by atoms with Crippen LogP contribution < -0.4 is 0 Å². The van der Waals surface area contributed by atoms with Gasteiger partial charge in [0, 0.05) is 6.08 Å². The monoisotopic (exact) mass is 324 g/mol. The molecule has 1 fully saturated rings. The van der Waals surface area contributed by atoms with Crippen molar-refractivity contribution >= 4 is 28.9 Å². The number of rotatable bonds is 5. The van der Waals surface area contributed by atoms with E-state index in [1.807, 2.05) is 37.3 Å². The zero-order valence-electron chi connectivity index (χ0n) is 13.8. The lowest BCUT2D eigenvalue weighted by Gasteiger charge is -2.31. The van der Waals surface area contributed by atoms with Crippen LogP contribution in [-0.2, 0) is 19.0 Å². The van der Waals surface area contributed by atoms with Crippen LogP contribution >= 0.6 is 0 Å². The fourth-order valence-electron chi connectivity index (χ4n) is 2.51. The topological polar surface area (TPSA) is 44.8 Å². The minimum absolute atomic E-state index is 0.120. The average molecular weight is 324 g/mol. The Balaban J connectivity index is 1.76. The molecule has 0 radical (unpaired) electrons. The zero-order chi connectivity index (χ0) is 16.9. The van der Waals surface area contributed by atoms with Crippen LogP contribution in [-0.4, -0.2) is 25.2 Å². The maximum atomic E-state index is 11.4. The Kier molecular flexibility index (Phi) is 5.08. The quantitative estimate of drug-likeness (QED) is 0.612. The summed E-state index contributed by atoms with van der Waals surface area (Å²) in [5.41, 5.74) is 2.02. The Morgan fingerprint density at radius 3 is 2.38 bits per heavy atom. The molecular weight excluding hydrogens is 304 g/mol. The number of hydrogen-bond donors (Lipinski definition) is 0. The summed E-state index contributed by atoms with van der Waals surface area (Å²) in [5, 5.41) is 2.25. The molecule has 0 aromatic heterocycles. The van der Waals surface area contributed by atoms with Crippen molar-refractivity contribution < 1.29 is 19.0 Å². The van der Waals surface area contributed by atoms with Gasteiger partial charge < -0.3 is 14.2 Å². The van der Waals surface area contributed by atoms with E-state index in [-0.39, 0.29) is 18.5 Å². The molecule has 0 bridgehead atoms. The number of hydrogen-bond acceptors (Lipinski definition) is 4. The van der Waals surface area contributed by atoms with Crippen LogP contribution in [0.25, 0.3) is 22.9 Å². The van der Waals surface area contributed by atoms with Gasteiger partial charge in [0.2, 0.25) is 0 Å². The minimum Gasteiger partial charge on any atom is -0.463 e. The summed E-state index contributed by atoms with van der Waals surface area (Å²) in [4.78, 5) is 11.4. The lowest BCUT2D eigenvalue weighted by molar-refractivity contribution is -0.354. The number of ether oxygens (including phenoxy) is 3. The molecule has 4 heteroatoms. The van der Waals surface area contributed by atoms with E-state index in [0.717, 1.165) is 21.9 Å². The summed E-state index contributed by atoms with van der Waals surface area (Å²) in [6.07, 6.45) is 6.71. The second-order valence-corrected chi connectivity index (χ2v) is 5.52. The maximum absolute atomic E-state index is 11.4. The van der Waals surface area contributed by atoms with E-state index < -0.39 is 0 Å². The third-order valence-electron chi connectivity index (χ3n) is 3.68. The van der Waals surface area contributed by atoms with Crippen LogP contribution in [0.5, 0.6) is 0 Å². The van der Waals surface area contributed by atoms with Gasteiger partial charge in [0.15, 0.2) is 12.6 Å². The molecule has 2 aromatic rings. The normalized spacial score (nSPS) is 20.6. The van der Waals surface area contributed by atoms with E-state index in [2.05, 4.69) is 18.2 Å². The molecule has 124 valence electrons.